The lowest BCUT2D eigenvalue weighted by molar-refractivity contribution is -0.150. The molecule has 168 valence electrons. The van der Waals surface area contributed by atoms with Gasteiger partial charge in [-0.1, -0.05) is 13.8 Å². The third-order valence-electron chi connectivity index (χ3n) is 4.09. The first-order chi connectivity index (χ1) is 13.1. The Bertz CT molecular complexity index is 674. The first-order valence-electron chi connectivity index (χ1n) is 8.99. The van der Waals surface area contributed by atoms with Crippen molar-refractivity contribution >= 4 is 24.3 Å². The van der Waals surface area contributed by atoms with Crippen molar-refractivity contribution in [1.82, 2.24) is 15.2 Å². The van der Waals surface area contributed by atoms with E-state index in [4.69, 9.17) is 10.6 Å². The van der Waals surface area contributed by atoms with Crippen molar-refractivity contribution in [2.24, 2.45) is 5.84 Å². The van der Waals surface area contributed by atoms with Gasteiger partial charge in [-0.25, -0.2) is 10.1 Å². The highest BCUT2D eigenvalue weighted by atomic mass is 35.5. The molecule has 2 unspecified atom stereocenters. The molecule has 1 aliphatic rings. The second kappa shape index (κ2) is 12.0. The molecule has 29 heavy (non-hydrogen) atoms. The maximum absolute atomic E-state index is 13.3. The van der Waals surface area contributed by atoms with E-state index in [0.29, 0.717) is 18.7 Å². The molecule has 1 aromatic heterocycles. The number of nitrogens with zero attached hydrogens (tertiary/aromatic N) is 2. The smallest absolute Gasteiger partial charge is 0.433 e. The number of carbonyl (C=O) groups excluding carboxylic acids is 2. The molecular weight excluding hydrogens is 417 g/mol. The number of aromatic nitrogens is 2. The molecule has 0 fully saturated rings. The lowest BCUT2D eigenvalue weighted by atomic mass is 10.0. The fourth-order valence-corrected chi connectivity index (χ4v) is 3.14. The molecule has 8 nitrogen and oxygen atoms in total. The second-order valence-corrected chi connectivity index (χ2v) is 6.33. The van der Waals surface area contributed by atoms with Crippen molar-refractivity contribution in [2.75, 3.05) is 19.8 Å². The largest absolute Gasteiger partial charge is 0.465 e. The molecule has 1 heterocycles. The molecule has 12 heteroatoms. The Morgan fingerprint density at radius 3 is 2.21 bits per heavy atom. The maximum atomic E-state index is 13.3. The minimum absolute atomic E-state index is 0. The molecule has 0 aromatic carbocycles. The van der Waals surface area contributed by atoms with Gasteiger partial charge in [-0.2, -0.15) is 18.3 Å². The van der Waals surface area contributed by atoms with Crippen LogP contribution in [0.2, 0.25) is 0 Å². The standard InChI is InChI=1S/C13H17F3N2O2.C4H10N2O2.ClH/c1-4-20-9(19)6-18-12(13(14,15)16)10-7(2)5-8(3)11(10)17-18;1-2-8-4(7)3-6-5;/h7-8H,4-6H2,1-3H3;6H,2-3,5H2,1H3;1H. The normalized spacial score (nSPS) is 17.5. The van der Waals surface area contributed by atoms with E-state index in [0.717, 1.165) is 4.68 Å². The van der Waals surface area contributed by atoms with Crippen molar-refractivity contribution in [3.8, 4) is 0 Å². The Morgan fingerprint density at radius 2 is 1.72 bits per heavy atom. The van der Waals surface area contributed by atoms with Crippen LogP contribution in [0.4, 0.5) is 13.2 Å². The van der Waals surface area contributed by atoms with Crippen molar-refractivity contribution in [1.29, 1.82) is 0 Å². The average molecular weight is 445 g/mol. The van der Waals surface area contributed by atoms with Gasteiger partial charge in [-0.15, -0.1) is 12.4 Å². The fraction of sp³-hybridized carbons (Fsp3) is 0.706. The number of hydrogen-bond donors (Lipinski definition) is 2. The summed E-state index contributed by atoms with van der Waals surface area (Å²) in [6, 6.07) is 0. The lowest BCUT2D eigenvalue weighted by Gasteiger charge is -2.14. The van der Waals surface area contributed by atoms with Crippen LogP contribution in [0.15, 0.2) is 0 Å². The van der Waals surface area contributed by atoms with Gasteiger partial charge >= 0.3 is 18.1 Å². The predicted molar refractivity (Wildman–Crippen MR) is 101 cm³/mol. The van der Waals surface area contributed by atoms with Gasteiger partial charge in [0, 0.05) is 11.5 Å². The van der Waals surface area contributed by atoms with E-state index in [2.05, 4.69) is 15.3 Å². The summed E-state index contributed by atoms with van der Waals surface area (Å²) in [5, 5.41) is 4.01. The molecule has 0 spiro atoms. The summed E-state index contributed by atoms with van der Waals surface area (Å²) in [5.74, 6) is 3.55. The number of esters is 2. The Kier molecular flexibility index (Phi) is 11.2. The zero-order chi connectivity index (χ0) is 21.5. The molecule has 3 N–H and O–H groups in total. The van der Waals surface area contributed by atoms with Crippen LogP contribution in [0, 0.1) is 0 Å². The zero-order valence-corrected chi connectivity index (χ0v) is 17.7. The minimum Gasteiger partial charge on any atom is -0.465 e. The van der Waals surface area contributed by atoms with Crippen LogP contribution in [0.25, 0.3) is 0 Å². The molecule has 1 aliphatic carbocycles. The highest BCUT2D eigenvalue weighted by molar-refractivity contribution is 5.85. The first kappa shape index (κ1) is 27.1. The first-order valence-corrected chi connectivity index (χ1v) is 8.99. The number of alkyl halides is 3. The van der Waals surface area contributed by atoms with Crippen molar-refractivity contribution in [3.05, 3.63) is 17.0 Å². The molecular formula is C17H28ClF3N4O4. The fourth-order valence-electron chi connectivity index (χ4n) is 3.14. The van der Waals surface area contributed by atoms with Gasteiger partial charge in [-0.05, 0) is 26.2 Å². The van der Waals surface area contributed by atoms with Gasteiger partial charge in [-0.3, -0.25) is 15.4 Å². The molecule has 1 aromatic rings. The third kappa shape index (κ3) is 7.48. The molecule has 0 saturated heterocycles. The molecule has 0 bridgehead atoms. The number of hydrazine groups is 1. The summed E-state index contributed by atoms with van der Waals surface area (Å²) in [5.41, 5.74) is 2.05. The summed E-state index contributed by atoms with van der Waals surface area (Å²) in [6.45, 7) is 7.07. The minimum atomic E-state index is -4.52. The van der Waals surface area contributed by atoms with Crippen LogP contribution >= 0.6 is 12.4 Å². The van der Waals surface area contributed by atoms with Crippen LogP contribution in [-0.2, 0) is 31.8 Å². The van der Waals surface area contributed by atoms with Crippen LogP contribution < -0.4 is 11.3 Å². The van der Waals surface area contributed by atoms with E-state index in [9.17, 15) is 22.8 Å². The van der Waals surface area contributed by atoms with Gasteiger partial charge in [0.1, 0.15) is 18.8 Å². The van der Waals surface area contributed by atoms with Gasteiger partial charge in [0.15, 0.2) is 0 Å². The quantitative estimate of drug-likeness (QED) is 0.394. The van der Waals surface area contributed by atoms with Crippen molar-refractivity contribution in [2.45, 2.75) is 58.7 Å². The van der Waals surface area contributed by atoms with E-state index in [1.165, 1.54) is 0 Å². The number of halogens is 4. The highest BCUT2D eigenvalue weighted by Crippen LogP contribution is 2.47. The topological polar surface area (TPSA) is 108 Å². The molecule has 0 radical (unpaired) electrons. The third-order valence-corrected chi connectivity index (χ3v) is 4.09. The highest BCUT2D eigenvalue weighted by Gasteiger charge is 2.44. The Labute approximate surface area is 173 Å². The lowest BCUT2D eigenvalue weighted by Crippen LogP contribution is -2.30. The van der Waals surface area contributed by atoms with Gasteiger partial charge in [0.2, 0.25) is 0 Å². The summed E-state index contributed by atoms with van der Waals surface area (Å²) < 4.78 is 49.7. The number of nitrogens with one attached hydrogen (secondary N) is 1. The van der Waals surface area contributed by atoms with Gasteiger partial charge in [0.25, 0.3) is 0 Å². The van der Waals surface area contributed by atoms with Crippen molar-refractivity contribution < 1.29 is 32.2 Å². The van der Waals surface area contributed by atoms with Gasteiger partial charge in [0.05, 0.1) is 18.9 Å². The van der Waals surface area contributed by atoms with E-state index >= 15 is 0 Å². The molecule has 0 saturated carbocycles. The van der Waals surface area contributed by atoms with Crippen molar-refractivity contribution in [3.63, 3.8) is 0 Å². The number of rotatable bonds is 6. The summed E-state index contributed by atoms with van der Waals surface area (Å²) in [6.07, 6.45) is -3.87. The Morgan fingerprint density at radius 1 is 1.17 bits per heavy atom. The number of fused-ring (bicyclic) bond motifs is 1. The maximum Gasteiger partial charge on any atom is 0.433 e. The summed E-state index contributed by atoms with van der Waals surface area (Å²) in [4.78, 5) is 21.7. The molecule has 2 rings (SSSR count). The zero-order valence-electron chi connectivity index (χ0n) is 16.8. The summed E-state index contributed by atoms with van der Waals surface area (Å²) >= 11 is 0. The predicted octanol–water partition coefficient (Wildman–Crippen LogP) is 2.51. The van der Waals surface area contributed by atoms with Crippen LogP contribution in [0.1, 0.15) is 62.9 Å². The van der Waals surface area contributed by atoms with Crippen LogP contribution in [0.3, 0.4) is 0 Å². The van der Waals surface area contributed by atoms with Gasteiger partial charge < -0.3 is 9.47 Å². The number of carbonyl (C=O) groups is 2. The van der Waals surface area contributed by atoms with E-state index < -0.39 is 24.4 Å². The molecule has 2 atom stereocenters. The Hall–Kier alpha value is -1.85. The monoisotopic (exact) mass is 444 g/mol. The molecule has 0 amide bonds. The number of hydrogen-bond acceptors (Lipinski definition) is 7. The number of ether oxygens (including phenoxy) is 2. The average Bonchev–Trinajstić information content (AvgIpc) is 3.06. The molecule has 0 aliphatic heterocycles. The second-order valence-electron chi connectivity index (χ2n) is 6.33. The Balaban J connectivity index is 0.000000747. The summed E-state index contributed by atoms with van der Waals surface area (Å²) in [7, 11) is 0. The number of nitrogens with two attached hydrogens (primary N) is 1. The SMILES string of the molecule is CCOC(=O)CNN.CCOC(=O)Cn1nc2c(c1C(F)(F)F)C(C)CC2C.Cl. The van der Waals surface area contributed by atoms with E-state index in [1.807, 2.05) is 6.92 Å². The van der Waals surface area contributed by atoms with E-state index in [1.54, 1.807) is 20.8 Å². The van der Waals surface area contributed by atoms with Crippen LogP contribution in [-0.4, -0.2) is 41.5 Å². The van der Waals surface area contributed by atoms with E-state index in [-0.39, 0.29) is 48.9 Å². The van der Waals surface area contributed by atoms with Crippen LogP contribution in [0.5, 0.6) is 0 Å².